The van der Waals surface area contributed by atoms with E-state index in [1.807, 2.05) is 12.4 Å². The number of benzene rings is 10. The van der Waals surface area contributed by atoms with Gasteiger partial charge in [-0.15, -0.1) is 0 Å². The van der Waals surface area contributed by atoms with Crippen molar-refractivity contribution in [3.05, 3.63) is 231 Å². The SMILES string of the molecule is c1ccc2c(c1)-c1cc3oc4cnc(-n5c6ccccc6c6ccccc65)nc4c3cc1-c1ccccc1[Si]21c2ccccc2-c2cc3oc4cnc(-n5c6ccccc6c6ccccc65)nc4c3cc2-c2ccccc21. The molecule has 6 aromatic heterocycles. The highest BCUT2D eigenvalue weighted by atomic mass is 28.3. The van der Waals surface area contributed by atoms with Gasteiger partial charge in [-0.05, 0) is 114 Å². The standard InChI is InChI=1S/C68H38N6O2Si/c1-9-25-53-39(17-1)40-18-2-10-26-54(40)73(53)67-69-37-59-65(71-67)51-33-47-43-21-5-13-29-61(43)77(63-31-15-7-23-45(63)49(47)35-57(51)75-59)62-30-14-6-22-44(62)48-34-52-58(36-50(48)46-24-8-16-32-64(46)77)76-60-38-70-68(72-66(52)60)74-55-27-11-3-19-41(55)42-20-4-12-28-56(42)74/h1-38H. The number of para-hydroxylation sites is 4. The maximum atomic E-state index is 6.81. The second-order valence-electron chi connectivity index (χ2n) is 20.4. The third-order valence-corrected chi connectivity index (χ3v) is 21.7. The molecule has 0 saturated carbocycles. The van der Waals surface area contributed by atoms with Gasteiger partial charge in [0.1, 0.15) is 22.2 Å². The molecule has 1 spiro atoms. The molecule has 0 unspecified atom stereocenters. The van der Waals surface area contributed by atoms with E-state index in [9.17, 15) is 0 Å². The van der Waals surface area contributed by atoms with Gasteiger partial charge in [-0.25, -0.2) is 19.9 Å². The molecule has 16 aromatic rings. The predicted molar refractivity (Wildman–Crippen MR) is 313 cm³/mol. The highest BCUT2D eigenvalue weighted by Crippen LogP contribution is 2.46. The van der Waals surface area contributed by atoms with Crippen LogP contribution >= 0.6 is 0 Å². The van der Waals surface area contributed by atoms with Crippen LogP contribution in [0.5, 0.6) is 0 Å². The van der Waals surface area contributed by atoms with Crippen molar-refractivity contribution < 1.29 is 8.83 Å². The zero-order valence-corrected chi connectivity index (χ0v) is 41.9. The fourth-order valence-corrected chi connectivity index (χ4v) is 19.2. The maximum absolute atomic E-state index is 6.81. The van der Waals surface area contributed by atoms with Gasteiger partial charge in [-0.3, -0.25) is 9.13 Å². The van der Waals surface area contributed by atoms with Crippen molar-refractivity contribution in [2.45, 2.75) is 0 Å². The Morgan fingerprint density at radius 1 is 0.286 bits per heavy atom. The van der Waals surface area contributed by atoms with Crippen LogP contribution in [0.2, 0.25) is 0 Å². The molecule has 2 aliphatic heterocycles. The molecule has 9 heteroatoms. The third kappa shape index (κ3) is 5.34. The lowest BCUT2D eigenvalue weighted by molar-refractivity contribution is 0.665. The Hall–Kier alpha value is -10.2. The van der Waals surface area contributed by atoms with Crippen molar-refractivity contribution in [1.29, 1.82) is 0 Å². The number of fused-ring (bicyclic) bond motifs is 26. The molecule has 0 aliphatic carbocycles. The average molecular weight is 999 g/mol. The van der Waals surface area contributed by atoms with E-state index in [0.717, 1.165) is 98.8 Å². The number of furan rings is 2. The van der Waals surface area contributed by atoms with Crippen LogP contribution in [0.4, 0.5) is 0 Å². The van der Waals surface area contributed by atoms with E-state index in [0.29, 0.717) is 23.1 Å². The molecule has 77 heavy (non-hydrogen) atoms. The minimum atomic E-state index is -3.28. The van der Waals surface area contributed by atoms with Gasteiger partial charge in [0.25, 0.3) is 0 Å². The van der Waals surface area contributed by atoms with E-state index in [4.69, 9.17) is 28.8 Å². The third-order valence-electron chi connectivity index (χ3n) is 16.7. The van der Waals surface area contributed by atoms with Crippen molar-refractivity contribution in [3.63, 3.8) is 0 Å². The van der Waals surface area contributed by atoms with Crippen LogP contribution in [0.15, 0.2) is 240 Å². The Bertz CT molecular complexity index is 4840. The van der Waals surface area contributed by atoms with Gasteiger partial charge < -0.3 is 8.83 Å². The van der Waals surface area contributed by atoms with E-state index >= 15 is 0 Å². The minimum absolute atomic E-state index is 0.603. The van der Waals surface area contributed by atoms with Crippen molar-refractivity contribution in [2.24, 2.45) is 0 Å². The molecule has 0 fully saturated rings. The Morgan fingerprint density at radius 3 is 0.935 bits per heavy atom. The van der Waals surface area contributed by atoms with Gasteiger partial charge in [0.05, 0.1) is 34.5 Å². The first-order valence-electron chi connectivity index (χ1n) is 26.0. The number of rotatable bonds is 2. The van der Waals surface area contributed by atoms with E-state index in [1.165, 1.54) is 43.0 Å². The van der Waals surface area contributed by atoms with E-state index < -0.39 is 8.07 Å². The van der Waals surface area contributed by atoms with Crippen LogP contribution < -0.4 is 20.7 Å². The Labute approximate surface area is 439 Å². The largest absolute Gasteiger partial charge is 0.453 e. The van der Waals surface area contributed by atoms with Crippen molar-refractivity contribution in [1.82, 2.24) is 29.1 Å². The molecule has 0 saturated heterocycles. The summed E-state index contributed by atoms with van der Waals surface area (Å²) in [6.07, 6.45) is 3.68. The number of hydrogen-bond acceptors (Lipinski definition) is 6. The molecule has 0 atom stereocenters. The fraction of sp³-hybridized carbons (Fsp3) is 0. The van der Waals surface area contributed by atoms with Crippen molar-refractivity contribution in [2.75, 3.05) is 0 Å². The molecule has 8 nitrogen and oxygen atoms in total. The van der Waals surface area contributed by atoms with Crippen LogP contribution in [0, 0.1) is 0 Å². The number of aromatic nitrogens is 6. The first-order valence-corrected chi connectivity index (χ1v) is 28.0. The van der Waals surface area contributed by atoms with Gasteiger partial charge >= 0.3 is 0 Å². The normalized spacial score (nSPS) is 13.3. The lowest BCUT2D eigenvalue weighted by Gasteiger charge is -2.37. The first-order chi connectivity index (χ1) is 38.2. The summed E-state index contributed by atoms with van der Waals surface area (Å²) in [7, 11) is -3.28. The Kier molecular flexibility index (Phi) is 8.00. The molecule has 0 N–H and O–H groups in total. The zero-order valence-electron chi connectivity index (χ0n) is 40.9. The highest BCUT2D eigenvalue weighted by Gasteiger charge is 2.50. The Morgan fingerprint density at radius 2 is 0.584 bits per heavy atom. The smallest absolute Gasteiger partial charge is 0.235 e. The molecule has 10 aromatic carbocycles. The van der Waals surface area contributed by atoms with Crippen LogP contribution in [0.3, 0.4) is 0 Å². The second kappa shape index (κ2) is 15.0. The van der Waals surface area contributed by atoms with E-state index in [1.54, 1.807) is 0 Å². The van der Waals surface area contributed by atoms with Gasteiger partial charge in [0, 0.05) is 32.3 Å². The summed E-state index contributed by atoms with van der Waals surface area (Å²) in [6.45, 7) is 0. The summed E-state index contributed by atoms with van der Waals surface area (Å²) in [4.78, 5) is 20.7. The summed E-state index contributed by atoms with van der Waals surface area (Å²) in [5.74, 6) is 1.21. The van der Waals surface area contributed by atoms with E-state index in [-0.39, 0.29) is 0 Å². The molecular weight excluding hydrogens is 961 g/mol. The Balaban J connectivity index is 0.884. The molecule has 2 aliphatic rings. The molecular formula is C68H38N6O2Si. The highest BCUT2D eigenvalue weighted by molar-refractivity contribution is 7.22. The van der Waals surface area contributed by atoms with Crippen LogP contribution in [-0.4, -0.2) is 37.1 Å². The first kappa shape index (κ1) is 41.2. The van der Waals surface area contributed by atoms with Crippen LogP contribution in [-0.2, 0) is 0 Å². The zero-order chi connectivity index (χ0) is 50.1. The number of hydrogen-bond donors (Lipinski definition) is 0. The minimum Gasteiger partial charge on any atom is -0.453 e. The summed E-state index contributed by atoms with van der Waals surface area (Å²) in [6, 6.07) is 79.7. The van der Waals surface area contributed by atoms with Crippen LogP contribution in [0.1, 0.15) is 0 Å². The van der Waals surface area contributed by atoms with Crippen molar-refractivity contribution in [3.8, 4) is 56.4 Å². The quantitative estimate of drug-likeness (QED) is 0.160. The average Bonchev–Trinajstić information content (AvgIpc) is 4.41. The molecule has 18 rings (SSSR count). The monoisotopic (exact) mass is 998 g/mol. The summed E-state index contributed by atoms with van der Waals surface area (Å²) < 4.78 is 18.0. The topological polar surface area (TPSA) is 87.7 Å². The molecule has 356 valence electrons. The van der Waals surface area contributed by atoms with Crippen molar-refractivity contribution >= 4 is 117 Å². The van der Waals surface area contributed by atoms with Gasteiger partial charge in [0.15, 0.2) is 19.2 Å². The lowest BCUT2D eigenvalue weighted by Crippen LogP contribution is -2.75. The lowest BCUT2D eigenvalue weighted by atomic mass is 9.93. The summed E-state index contributed by atoms with van der Waals surface area (Å²) in [5.41, 5.74) is 17.9. The van der Waals surface area contributed by atoms with Gasteiger partial charge in [-0.1, -0.05) is 170 Å². The maximum Gasteiger partial charge on any atom is 0.235 e. The molecule has 8 heterocycles. The summed E-state index contributed by atoms with van der Waals surface area (Å²) in [5, 5.41) is 11.8. The molecule has 0 bridgehead atoms. The second-order valence-corrected chi connectivity index (χ2v) is 24.1. The fourth-order valence-electron chi connectivity index (χ4n) is 13.6. The van der Waals surface area contributed by atoms with Crippen LogP contribution in [0.25, 0.3) is 144 Å². The summed E-state index contributed by atoms with van der Waals surface area (Å²) >= 11 is 0. The van der Waals surface area contributed by atoms with E-state index in [2.05, 4.69) is 228 Å². The number of nitrogens with zero attached hydrogens (tertiary/aromatic N) is 6. The van der Waals surface area contributed by atoms with Gasteiger partial charge in [0.2, 0.25) is 11.9 Å². The van der Waals surface area contributed by atoms with Gasteiger partial charge in [-0.2, -0.15) is 0 Å². The molecule has 0 amide bonds. The molecule has 0 radical (unpaired) electrons. The predicted octanol–water partition coefficient (Wildman–Crippen LogP) is 13.9.